The molecule has 1 aromatic carbocycles. The van der Waals surface area contributed by atoms with E-state index in [1.54, 1.807) is 24.3 Å². The largest absolute Gasteiger partial charge is 0.492 e. The van der Waals surface area contributed by atoms with E-state index in [0.29, 0.717) is 5.75 Å². The van der Waals surface area contributed by atoms with Crippen molar-refractivity contribution >= 4 is 10.1 Å². The summed E-state index contributed by atoms with van der Waals surface area (Å²) in [5.74, 6) is 0.202. The maximum absolute atomic E-state index is 10.3. The minimum absolute atomic E-state index is 0.0388. The van der Waals surface area contributed by atoms with Crippen molar-refractivity contribution in [3.05, 3.63) is 30.3 Å². The van der Waals surface area contributed by atoms with Gasteiger partial charge in [-0.25, -0.2) is 0 Å². The quantitative estimate of drug-likeness (QED) is 0.738. The van der Waals surface area contributed by atoms with E-state index in [9.17, 15) is 8.42 Å². The number of rotatable bonds is 4. The number of benzene rings is 1. The fraction of sp³-hybridized carbons (Fsp3) is 0.250. The molecule has 1 aromatic rings. The van der Waals surface area contributed by atoms with Crippen molar-refractivity contribution < 1.29 is 17.7 Å². The fourth-order valence-electron chi connectivity index (χ4n) is 0.782. The Bertz CT molecular complexity index is 344. The van der Waals surface area contributed by atoms with Crippen LogP contribution in [-0.2, 0) is 10.1 Å². The van der Waals surface area contributed by atoms with Gasteiger partial charge in [-0.05, 0) is 12.1 Å². The van der Waals surface area contributed by atoms with E-state index >= 15 is 0 Å². The van der Waals surface area contributed by atoms with Crippen molar-refractivity contribution in [3.63, 3.8) is 0 Å². The molecular weight excluding hydrogens is 192 g/mol. The summed E-state index contributed by atoms with van der Waals surface area (Å²) in [6, 6.07) is 8.81. The number of ether oxygens (including phenoxy) is 1. The molecule has 0 heterocycles. The number of para-hydroxylation sites is 1. The van der Waals surface area contributed by atoms with Crippen molar-refractivity contribution in [2.24, 2.45) is 0 Å². The monoisotopic (exact) mass is 202 g/mol. The van der Waals surface area contributed by atoms with Gasteiger partial charge in [0.1, 0.15) is 18.1 Å². The molecule has 5 heteroatoms. The summed E-state index contributed by atoms with van der Waals surface area (Å²) in [5, 5.41) is 0. The molecular formula is C8H10O4S. The van der Waals surface area contributed by atoms with Gasteiger partial charge in [0.05, 0.1) is 0 Å². The Morgan fingerprint density at radius 1 is 1.23 bits per heavy atom. The van der Waals surface area contributed by atoms with Gasteiger partial charge in [0, 0.05) is 0 Å². The number of hydrogen-bond acceptors (Lipinski definition) is 3. The summed E-state index contributed by atoms with van der Waals surface area (Å²) in [7, 11) is -3.92. The van der Waals surface area contributed by atoms with Crippen LogP contribution >= 0.6 is 0 Å². The predicted molar refractivity (Wildman–Crippen MR) is 48.4 cm³/mol. The second kappa shape index (κ2) is 4.25. The first-order valence-electron chi connectivity index (χ1n) is 3.71. The van der Waals surface area contributed by atoms with E-state index in [4.69, 9.17) is 9.29 Å². The van der Waals surface area contributed by atoms with Gasteiger partial charge < -0.3 is 4.74 Å². The van der Waals surface area contributed by atoms with E-state index in [2.05, 4.69) is 0 Å². The van der Waals surface area contributed by atoms with E-state index in [1.165, 1.54) is 0 Å². The van der Waals surface area contributed by atoms with Crippen molar-refractivity contribution in [2.45, 2.75) is 0 Å². The van der Waals surface area contributed by atoms with Gasteiger partial charge >= 0.3 is 0 Å². The summed E-state index contributed by atoms with van der Waals surface area (Å²) in [6.07, 6.45) is 0. The first kappa shape index (κ1) is 10.0. The zero-order valence-corrected chi connectivity index (χ0v) is 7.70. The second-order valence-corrected chi connectivity index (χ2v) is 4.02. The summed E-state index contributed by atoms with van der Waals surface area (Å²) in [4.78, 5) is 0. The first-order valence-corrected chi connectivity index (χ1v) is 5.32. The normalized spacial score (nSPS) is 11.2. The van der Waals surface area contributed by atoms with E-state index in [0.717, 1.165) is 0 Å². The van der Waals surface area contributed by atoms with Crippen LogP contribution in [0.25, 0.3) is 0 Å². The Morgan fingerprint density at radius 3 is 2.38 bits per heavy atom. The topological polar surface area (TPSA) is 63.6 Å². The Hall–Kier alpha value is -1.07. The molecule has 0 atom stereocenters. The van der Waals surface area contributed by atoms with Gasteiger partial charge in [0.15, 0.2) is 0 Å². The lowest BCUT2D eigenvalue weighted by atomic mass is 10.3. The third-order valence-electron chi connectivity index (χ3n) is 1.35. The molecule has 0 bridgehead atoms. The maximum atomic E-state index is 10.3. The fourth-order valence-corrected chi connectivity index (χ4v) is 1.08. The van der Waals surface area contributed by atoms with Gasteiger partial charge in [0.2, 0.25) is 0 Å². The molecule has 72 valence electrons. The molecule has 0 aliphatic heterocycles. The lowest BCUT2D eigenvalue weighted by Gasteiger charge is -2.03. The smallest absolute Gasteiger partial charge is 0.268 e. The Labute approximate surface area is 76.9 Å². The van der Waals surface area contributed by atoms with Gasteiger partial charge in [-0.2, -0.15) is 8.42 Å². The highest BCUT2D eigenvalue weighted by Gasteiger charge is 2.03. The van der Waals surface area contributed by atoms with Crippen LogP contribution in [-0.4, -0.2) is 25.3 Å². The van der Waals surface area contributed by atoms with E-state index in [1.807, 2.05) is 6.07 Å². The van der Waals surface area contributed by atoms with Crippen molar-refractivity contribution in [3.8, 4) is 5.75 Å². The minimum Gasteiger partial charge on any atom is -0.492 e. The SMILES string of the molecule is O=S(=O)(O)CCOc1ccccc1. The summed E-state index contributed by atoms with van der Waals surface area (Å²) in [6.45, 7) is -0.0388. The molecule has 0 radical (unpaired) electrons. The van der Waals surface area contributed by atoms with Crippen LogP contribution in [0.4, 0.5) is 0 Å². The van der Waals surface area contributed by atoms with Crippen molar-refractivity contribution in [1.29, 1.82) is 0 Å². The molecule has 0 aliphatic carbocycles. The standard InChI is InChI=1S/C8H10O4S/c9-13(10,11)7-6-12-8-4-2-1-3-5-8/h1-5H,6-7H2,(H,9,10,11). The molecule has 1 rings (SSSR count). The van der Waals surface area contributed by atoms with Crippen LogP contribution in [0.2, 0.25) is 0 Å². The van der Waals surface area contributed by atoms with Gasteiger partial charge in [-0.3, -0.25) is 4.55 Å². The van der Waals surface area contributed by atoms with Crippen LogP contribution in [0.15, 0.2) is 30.3 Å². The van der Waals surface area contributed by atoms with Gasteiger partial charge in [0.25, 0.3) is 10.1 Å². The molecule has 0 unspecified atom stereocenters. The lowest BCUT2D eigenvalue weighted by molar-refractivity contribution is 0.336. The van der Waals surface area contributed by atoms with E-state index in [-0.39, 0.29) is 12.4 Å². The highest BCUT2D eigenvalue weighted by molar-refractivity contribution is 7.85. The number of hydrogen-bond donors (Lipinski definition) is 1. The van der Waals surface area contributed by atoms with Crippen LogP contribution in [0.5, 0.6) is 5.75 Å². The highest BCUT2D eigenvalue weighted by Crippen LogP contribution is 2.07. The van der Waals surface area contributed by atoms with Gasteiger partial charge in [-0.15, -0.1) is 0 Å². The van der Waals surface area contributed by atoms with Gasteiger partial charge in [-0.1, -0.05) is 18.2 Å². The second-order valence-electron chi connectivity index (χ2n) is 2.45. The van der Waals surface area contributed by atoms with Crippen molar-refractivity contribution in [2.75, 3.05) is 12.4 Å². The minimum atomic E-state index is -3.92. The zero-order valence-electron chi connectivity index (χ0n) is 6.88. The Kier molecular flexibility index (Phi) is 3.27. The maximum Gasteiger partial charge on any atom is 0.268 e. The molecule has 0 saturated heterocycles. The average molecular weight is 202 g/mol. The molecule has 0 amide bonds. The predicted octanol–water partition coefficient (Wildman–Crippen LogP) is 0.953. The summed E-state index contributed by atoms with van der Waals surface area (Å²) in [5.41, 5.74) is 0. The highest BCUT2D eigenvalue weighted by atomic mass is 32.2. The Balaban J connectivity index is 2.37. The van der Waals surface area contributed by atoms with Crippen LogP contribution in [0, 0.1) is 0 Å². The molecule has 1 N–H and O–H groups in total. The average Bonchev–Trinajstić information content (AvgIpc) is 2.04. The lowest BCUT2D eigenvalue weighted by Crippen LogP contribution is -2.12. The third-order valence-corrected chi connectivity index (χ3v) is 2.04. The molecule has 0 aliphatic rings. The first-order chi connectivity index (χ1) is 6.08. The molecule has 0 saturated carbocycles. The molecule has 0 spiro atoms. The molecule has 4 nitrogen and oxygen atoms in total. The molecule has 13 heavy (non-hydrogen) atoms. The van der Waals surface area contributed by atoms with Crippen LogP contribution < -0.4 is 4.74 Å². The summed E-state index contributed by atoms with van der Waals surface area (Å²) >= 11 is 0. The Morgan fingerprint density at radius 2 is 1.85 bits per heavy atom. The third kappa shape index (κ3) is 4.49. The molecule has 0 aromatic heterocycles. The molecule has 0 fully saturated rings. The summed E-state index contributed by atoms with van der Waals surface area (Å²) < 4.78 is 34.0. The van der Waals surface area contributed by atoms with E-state index < -0.39 is 10.1 Å². The van der Waals surface area contributed by atoms with Crippen molar-refractivity contribution in [1.82, 2.24) is 0 Å². The van der Waals surface area contributed by atoms with Crippen LogP contribution in [0.1, 0.15) is 0 Å². The zero-order chi connectivity index (χ0) is 9.73. The van der Waals surface area contributed by atoms with Crippen LogP contribution in [0.3, 0.4) is 0 Å².